The van der Waals surface area contributed by atoms with Crippen LogP contribution in [0.5, 0.6) is 0 Å². The van der Waals surface area contributed by atoms with Gasteiger partial charge in [0.2, 0.25) is 10.0 Å². The first-order chi connectivity index (χ1) is 17.3. The average molecular weight is 509 g/mol. The van der Waals surface area contributed by atoms with Gasteiger partial charge in [0.05, 0.1) is 17.4 Å². The molecular weight excluding hydrogens is 480 g/mol. The minimum absolute atomic E-state index is 0.0937. The van der Waals surface area contributed by atoms with Gasteiger partial charge in [0.1, 0.15) is 4.90 Å². The molecule has 5 rings (SSSR count). The number of aromatic amines is 1. The zero-order valence-electron chi connectivity index (χ0n) is 20.4. The number of H-pyrrole nitrogens is 1. The van der Waals surface area contributed by atoms with Gasteiger partial charge in [0.15, 0.2) is 5.82 Å². The van der Waals surface area contributed by atoms with Crippen molar-refractivity contribution in [2.24, 2.45) is 0 Å². The molecule has 188 valence electrons. The Kier molecular flexibility index (Phi) is 6.33. The number of carbonyl (C=O) groups excluding carboxylic acids is 1. The van der Waals surface area contributed by atoms with Crippen LogP contribution in [0, 0.1) is 0 Å². The number of nitrogens with zero attached hydrogens (tertiary/aromatic N) is 7. The van der Waals surface area contributed by atoms with Crippen LogP contribution in [0.25, 0.3) is 16.7 Å². The van der Waals surface area contributed by atoms with Gasteiger partial charge in [0, 0.05) is 55.6 Å². The maximum absolute atomic E-state index is 13.7. The van der Waals surface area contributed by atoms with E-state index in [1.165, 1.54) is 10.5 Å². The van der Waals surface area contributed by atoms with E-state index in [2.05, 4.69) is 20.3 Å². The van der Waals surface area contributed by atoms with Crippen molar-refractivity contribution in [2.75, 3.05) is 33.7 Å². The number of piperazine rings is 1. The molecule has 1 amide bonds. The number of aromatic nitrogens is 5. The molecule has 3 aromatic heterocycles. The smallest absolute Gasteiger partial charge is 0.253 e. The fourth-order valence-electron chi connectivity index (χ4n) is 4.57. The van der Waals surface area contributed by atoms with Crippen LogP contribution < -0.4 is 0 Å². The van der Waals surface area contributed by atoms with Crippen LogP contribution >= 0.6 is 0 Å². The fraction of sp³-hybridized carbons (Fsp3) is 0.333. The second-order valence-corrected chi connectivity index (χ2v) is 11.0. The van der Waals surface area contributed by atoms with Crippen molar-refractivity contribution in [3.05, 3.63) is 66.2 Å². The molecule has 11 nitrogen and oxygen atoms in total. The van der Waals surface area contributed by atoms with Gasteiger partial charge in [-0.3, -0.25) is 4.79 Å². The lowest BCUT2D eigenvalue weighted by Crippen LogP contribution is -2.55. The lowest BCUT2D eigenvalue weighted by Gasteiger charge is -2.38. The summed E-state index contributed by atoms with van der Waals surface area (Å²) in [6.07, 6.45) is 4.84. The Balaban J connectivity index is 1.41. The van der Waals surface area contributed by atoms with Gasteiger partial charge in [-0.15, -0.1) is 5.10 Å². The van der Waals surface area contributed by atoms with Crippen molar-refractivity contribution < 1.29 is 13.2 Å². The third kappa shape index (κ3) is 4.38. The zero-order valence-corrected chi connectivity index (χ0v) is 21.2. The highest BCUT2D eigenvalue weighted by molar-refractivity contribution is 7.89. The Hall–Kier alpha value is -3.61. The summed E-state index contributed by atoms with van der Waals surface area (Å²) in [6.45, 7) is 3.29. The summed E-state index contributed by atoms with van der Waals surface area (Å²) in [5, 5.41) is 8.88. The third-order valence-electron chi connectivity index (χ3n) is 6.24. The second-order valence-electron chi connectivity index (χ2n) is 9.18. The highest BCUT2D eigenvalue weighted by Gasteiger charge is 2.36. The van der Waals surface area contributed by atoms with Crippen molar-refractivity contribution in [3.8, 4) is 5.82 Å². The van der Waals surface area contributed by atoms with Crippen molar-refractivity contribution >= 4 is 26.8 Å². The van der Waals surface area contributed by atoms with Gasteiger partial charge in [-0.2, -0.15) is 8.99 Å². The largest absolute Gasteiger partial charge is 0.357 e. The molecule has 4 aromatic rings. The number of nitrogens with one attached hydrogen (secondary N) is 1. The molecule has 1 atom stereocenters. The van der Waals surface area contributed by atoms with Crippen molar-refractivity contribution in [3.63, 3.8) is 0 Å². The van der Waals surface area contributed by atoms with Gasteiger partial charge >= 0.3 is 0 Å². The molecule has 0 unspecified atom stereocenters. The molecule has 0 spiro atoms. The van der Waals surface area contributed by atoms with Crippen LogP contribution in [0.15, 0.2) is 59.9 Å². The van der Waals surface area contributed by atoms with E-state index in [0.29, 0.717) is 41.9 Å². The van der Waals surface area contributed by atoms with E-state index in [9.17, 15) is 13.2 Å². The van der Waals surface area contributed by atoms with Crippen LogP contribution in [0.4, 0.5) is 0 Å². The molecule has 0 saturated carbocycles. The highest BCUT2D eigenvalue weighted by atomic mass is 32.2. The van der Waals surface area contributed by atoms with Crippen molar-refractivity contribution in [1.29, 1.82) is 0 Å². The Bertz CT molecular complexity index is 1500. The molecule has 1 aliphatic heterocycles. The molecule has 0 radical (unpaired) electrons. The second kappa shape index (κ2) is 9.45. The maximum Gasteiger partial charge on any atom is 0.253 e. The number of fused-ring (bicyclic) bond motifs is 1. The van der Waals surface area contributed by atoms with E-state index >= 15 is 0 Å². The first-order valence-electron chi connectivity index (χ1n) is 11.6. The summed E-state index contributed by atoms with van der Waals surface area (Å²) in [6, 6.07) is 10.3. The monoisotopic (exact) mass is 508 g/mol. The highest BCUT2D eigenvalue weighted by Crippen LogP contribution is 2.30. The molecule has 1 aromatic carbocycles. The van der Waals surface area contributed by atoms with Crippen LogP contribution in [0.3, 0.4) is 0 Å². The van der Waals surface area contributed by atoms with E-state index in [1.54, 1.807) is 40.2 Å². The Labute approximate surface area is 209 Å². The first kappa shape index (κ1) is 24.1. The SMILES string of the molecule is C[C@@H]1CN(C(=O)c2ccccc2)CCN1S(=O)(=O)c1c[nH]c2c(-n3cc(CN(C)C)nn3)nccc12. The lowest BCUT2D eigenvalue weighted by atomic mass is 10.1. The number of amides is 1. The number of pyridine rings is 1. The molecule has 1 fully saturated rings. The lowest BCUT2D eigenvalue weighted by molar-refractivity contribution is 0.0642. The summed E-state index contributed by atoms with van der Waals surface area (Å²) in [5.74, 6) is 0.376. The van der Waals surface area contributed by atoms with Gasteiger partial charge in [-0.05, 0) is 39.2 Å². The number of sulfonamides is 1. The van der Waals surface area contributed by atoms with Gasteiger partial charge in [-0.25, -0.2) is 13.4 Å². The summed E-state index contributed by atoms with van der Waals surface area (Å²) < 4.78 is 30.5. The van der Waals surface area contributed by atoms with Gasteiger partial charge < -0.3 is 14.8 Å². The van der Waals surface area contributed by atoms with E-state index < -0.39 is 10.0 Å². The normalized spacial score (nSPS) is 17.2. The van der Waals surface area contributed by atoms with Gasteiger partial charge in [0.25, 0.3) is 5.91 Å². The number of rotatable bonds is 6. The van der Waals surface area contributed by atoms with Crippen molar-refractivity contribution in [1.82, 2.24) is 39.1 Å². The fourth-order valence-corrected chi connectivity index (χ4v) is 6.34. The molecule has 1 aliphatic rings. The molecule has 36 heavy (non-hydrogen) atoms. The standard InChI is InChI=1S/C24H28N8O3S/c1-17-14-30(24(33)18-7-5-4-6-8-18)11-12-32(17)36(34,35)21-13-26-22-20(21)9-10-25-23(22)31-16-19(27-28-31)15-29(2)3/h4-10,13,16-17,26H,11-12,14-15H2,1-3H3/t17-/m1/s1. The molecule has 1 N–H and O–H groups in total. The maximum atomic E-state index is 13.7. The summed E-state index contributed by atoms with van der Waals surface area (Å²) >= 11 is 0. The number of carbonyl (C=O) groups is 1. The Morgan fingerprint density at radius 2 is 1.94 bits per heavy atom. The number of benzene rings is 1. The zero-order chi connectivity index (χ0) is 25.4. The number of hydrogen-bond acceptors (Lipinski definition) is 7. The summed E-state index contributed by atoms with van der Waals surface area (Å²) in [5.41, 5.74) is 1.93. The van der Waals surface area contributed by atoms with E-state index in [0.717, 1.165) is 5.69 Å². The predicted octanol–water partition coefficient (Wildman–Crippen LogP) is 1.74. The molecular formula is C24H28N8O3S. The quantitative estimate of drug-likeness (QED) is 0.421. The molecule has 0 bridgehead atoms. The van der Waals surface area contributed by atoms with E-state index in [1.807, 2.05) is 44.1 Å². The van der Waals surface area contributed by atoms with Crippen LogP contribution in [-0.2, 0) is 16.6 Å². The summed E-state index contributed by atoms with van der Waals surface area (Å²) in [7, 11) is 0.0524. The van der Waals surface area contributed by atoms with Crippen LogP contribution in [0.2, 0.25) is 0 Å². The molecule has 0 aliphatic carbocycles. The average Bonchev–Trinajstić information content (AvgIpc) is 3.51. The summed E-state index contributed by atoms with van der Waals surface area (Å²) in [4.78, 5) is 24.2. The first-order valence-corrected chi connectivity index (χ1v) is 13.1. The molecule has 4 heterocycles. The topological polar surface area (TPSA) is 120 Å². The van der Waals surface area contributed by atoms with E-state index in [-0.39, 0.29) is 23.4 Å². The predicted molar refractivity (Wildman–Crippen MR) is 134 cm³/mol. The molecule has 12 heteroatoms. The minimum Gasteiger partial charge on any atom is -0.357 e. The minimum atomic E-state index is -3.83. The third-order valence-corrected chi connectivity index (χ3v) is 8.29. The van der Waals surface area contributed by atoms with Crippen LogP contribution in [-0.4, -0.2) is 93.2 Å². The molecule has 1 saturated heterocycles. The Morgan fingerprint density at radius 3 is 2.67 bits per heavy atom. The number of hydrogen-bond donors (Lipinski definition) is 1. The van der Waals surface area contributed by atoms with E-state index in [4.69, 9.17) is 0 Å². The van der Waals surface area contributed by atoms with Gasteiger partial charge in [-0.1, -0.05) is 23.4 Å². The Morgan fingerprint density at radius 1 is 1.17 bits per heavy atom. The van der Waals surface area contributed by atoms with Crippen molar-refractivity contribution in [2.45, 2.75) is 24.4 Å². The van der Waals surface area contributed by atoms with Crippen LogP contribution in [0.1, 0.15) is 23.0 Å².